The summed E-state index contributed by atoms with van der Waals surface area (Å²) in [6.45, 7) is 7.11. The first-order valence-electron chi connectivity index (χ1n) is 11.7. The van der Waals surface area contributed by atoms with Crippen LogP contribution >= 0.6 is 0 Å². The molecule has 34 heavy (non-hydrogen) atoms. The SMILES string of the molecule is COC(=O)[C@H](Cc1ccccc1)NC(=O)c1cn(C(C)C)cc(C(=O)N2CCC(C)CC2)c1=O. The lowest BCUT2D eigenvalue weighted by Crippen LogP contribution is -2.45. The maximum absolute atomic E-state index is 13.3. The van der Waals surface area contributed by atoms with E-state index in [1.165, 1.54) is 19.5 Å². The molecule has 1 atom stereocenters. The van der Waals surface area contributed by atoms with Gasteiger partial charge in [0.2, 0.25) is 5.43 Å². The van der Waals surface area contributed by atoms with Crippen molar-refractivity contribution in [3.8, 4) is 0 Å². The molecule has 0 aliphatic carbocycles. The minimum Gasteiger partial charge on any atom is -0.467 e. The standard InChI is InChI=1S/C26H33N3O5/c1-17(2)29-15-20(23(30)21(16-29)25(32)28-12-10-18(3)11-13-28)24(31)27-22(26(33)34-4)14-19-8-6-5-7-9-19/h5-9,15-18,22H,10-14H2,1-4H3,(H,27,31)/t22-/m0/s1. The number of carbonyl (C=O) groups excluding carboxylic acids is 3. The Bertz CT molecular complexity index is 1090. The summed E-state index contributed by atoms with van der Waals surface area (Å²) < 4.78 is 6.55. The van der Waals surface area contributed by atoms with Crippen LogP contribution in [-0.4, -0.2) is 53.5 Å². The topological polar surface area (TPSA) is 97.7 Å². The zero-order chi connectivity index (χ0) is 24.8. The second kappa shape index (κ2) is 11.1. The molecule has 2 heterocycles. The summed E-state index contributed by atoms with van der Waals surface area (Å²) >= 11 is 0. The van der Waals surface area contributed by atoms with Gasteiger partial charge in [-0.3, -0.25) is 14.4 Å². The zero-order valence-corrected chi connectivity index (χ0v) is 20.2. The zero-order valence-electron chi connectivity index (χ0n) is 20.2. The van der Waals surface area contributed by atoms with Crippen LogP contribution in [0, 0.1) is 5.92 Å². The van der Waals surface area contributed by atoms with Crippen LogP contribution in [0.3, 0.4) is 0 Å². The summed E-state index contributed by atoms with van der Waals surface area (Å²) in [5.74, 6) is -1.16. The molecular weight excluding hydrogens is 434 g/mol. The van der Waals surface area contributed by atoms with Gasteiger partial charge in [-0.2, -0.15) is 0 Å². The third-order valence-electron chi connectivity index (χ3n) is 6.26. The predicted octanol–water partition coefficient (Wildman–Crippen LogP) is 2.82. The second-order valence-corrected chi connectivity index (χ2v) is 9.17. The van der Waals surface area contributed by atoms with Gasteiger partial charge in [-0.25, -0.2) is 4.79 Å². The first kappa shape index (κ1) is 25.2. The number of hydrogen-bond donors (Lipinski definition) is 1. The van der Waals surface area contributed by atoms with E-state index >= 15 is 0 Å². The van der Waals surface area contributed by atoms with Gasteiger partial charge in [0.15, 0.2) is 0 Å². The fraction of sp³-hybridized carbons (Fsp3) is 0.462. The number of amides is 2. The smallest absolute Gasteiger partial charge is 0.328 e. The summed E-state index contributed by atoms with van der Waals surface area (Å²) in [5, 5.41) is 2.64. The van der Waals surface area contributed by atoms with E-state index in [4.69, 9.17) is 4.74 Å². The monoisotopic (exact) mass is 467 g/mol. The highest BCUT2D eigenvalue weighted by Crippen LogP contribution is 2.18. The van der Waals surface area contributed by atoms with Crippen LogP contribution in [0.1, 0.15) is 65.9 Å². The van der Waals surface area contributed by atoms with Crippen molar-refractivity contribution < 1.29 is 19.1 Å². The average Bonchev–Trinajstić information content (AvgIpc) is 2.83. The van der Waals surface area contributed by atoms with Crippen LogP contribution in [0.5, 0.6) is 0 Å². The van der Waals surface area contributed by atoms with E-state index in [1.807, 2.05) is 44.2 Å². The lowest BCUT2D eigenvalue weighted by Gasteiger charge is -2.30. The van der Waals surface area contributed by atoms with Crippen molar-refractivity contribution >= 4 is 17.8 Å². The third kappa shape index (κ3) is 5.92. The molecule has 1 saturated heterocycles. The Morgan fingerprint density at radius 2 is 1.68 bits per heavy atom. The molecule has 8 heteroatoms. The van der Waals surface area contributed by atoms with Crippen molar-refractivity contribution in [3.05, 3.63) is 69.6 Å². The average molecular weight is 468 g/mol. The second-order valence-electron chi connectivity index (χ2n) is 9.17. The van der Waals surface area contributed by atoms with Crippen molar-refractivity contribution in [2.45, 2.75) is 52.1 Å². The Balaban J connectivity index is 1.92. The number of rotatable bonds is 7. The molecule has 1 aliphatic heterocycles. The molecule has 2 amide bonds. The number of piperidine rings is 1. The number of likely N-dealkylation sites (tertiary alicyclic amines) is 1. The fourth-order valence-electron chi connectivity index (χ4n) is 4.01. The minimum atomic E-state index is -0.977. The highest BCUT2D eigenvalue weighted by Gasteiger charge is 2.28. The van der Waals surface area contributed by atoms with E-state index in [-0.39, 0.29) is 29.5 Å². The maximum atomic E-state index is 13.3. The van der Waals surface area contributed by atoms with Crippen molar-refractivity contribution in [3.63, 3.8) is 0 Å². The van der Waals surface area contributed by atoms with Crippen LogP contribution < -0.4 is 10.7 Å². The Morgan fingerprint density at radius 3 is 2.26 bits per heavy atom. The summed E-state index contributed by atoms with van der Waals surface area (Å²) in [5.41, 5.74) is -0.0112. The summed E-state index contributed by atoms with van der Waals surface area (Å²) in [7, 11) is 1.25. The molecule has 0 spiro atoms. The first-order chi connectivity index (χ1) is 16.2. The van der Waals surface area contributed by atoms with Gasteiger partial charge in [0.25, 0.3) is 11.8 Å². The molecule has 1 aliphatic rings. The van der Waals surface area contributed by atoms with Crippen LogP contribution in [-0.2, 0) is 16.0 Å². The Hall–Kier alpha value is -3.42. The van der Waals surface area contributed by atoms with E-state index in [2.05, 4.69) is 12.2 Å². The molecule has 0 bridgehead atoms. The highest BCUT2D eigenvalue weighted by molar-refractivity contribution is 6.00. The van der Waals surface area contributed by atoms with Gasteiger partial charge in [-0.15, -0.1) is 0 Å². The quantitative estimate of drug-likeness (QED) is 0.632. The highest BCUT2D eigenvalue weighted by atomic mass is 16.5. The van der Waals surface area contributed by atoms with Crippen LogP contribution in [0.15, 0.2) is 47.5 Å². The van der Waals surface area contributed by atoms with E-state index < -0.39 is 23.3 Å². The number of hydrogen-bond acceptors (Lipinski definition) is 5. The van der Waals surface area contributed by atoms with Crippen LogP contribution in [0.2, 0.25) is 0 Å². The van der Waals surface area contributed by atoms with Crippen LogP contribution in [0.4, 0.5) is 0 Å². The van der Waals surface area contributed by atoms with Gasteiger partial charge in [0.1, 0.15) is 17.2 Å². The molecule has 2 aromatic rings. The molecule has 0 saturated carbocycles. The lowest BCUT2D eigenvalue weighted by atomic mass is 9.98. The van der Waals surface area contributed by atoms with Gasteiger partial charge in [0.05, 0.1) is 7.11 Å². The molecule has 182 valence electrons. The van der Waals surface area contributed by atoms with E-state index in [9.17, 15) is 19.2 Å². The number of carbonyl (C=O) groups is 3. The number of nitrogens with zero attached hydrogens (tertiary/aromatic N) is 2. The van der Waals surface area contributed by atoms with Gasteiger partial charge >= 0.3 is 5.97 Å². The molecular formula is C26H33N3O5. The fourth-order valence-corrected chi connectivity index (χ4v) is 4.01. The lowest BCUT2D eigenvalue weighted by molar-refractivity contribution is -0.142. The number of benzene rings is 1. The molecule has 1 aromatic heterocycles. The molecule has 1 fully saturated rings. The van der Waals surface area contributed by atoms with Crippen molar-refractivity contribution in [2.24, 2.45) is 5.92 Å². The van der Waals surface area contributed by atoms with Crippen molar-refractivity contribution in [1.82, 2.24) is 14.8 Å². The third-order valence-corrected chi connectivity index (χ3v) is 6.26. The van der Waals surface area contributed by atoms with Crippen molar-refractivity contribution in [1.29, 1.82) is 0 Å². The largest absolute Gasteiger partial charge is 0.467 e. The minimum absolute atomic E-state index is 0.0337. The number of nitrogens with one attached hydrogen (secondary N) is 1. The summed E-state index contributed by atoms with van der Waals surface area (Å²) in [6, 6.07) is 8.15. The molecule has 1 aromatic carbocycles. The van der Waals surface area contributed by atoms with E-state index in [1.54, 1.807) is 9.47 Å². The van der Waals surface area contributed by atoms with Crippen molar-refractivity contribution in [2.75, 3.05) is 20.2 Å². The van der Waals surface area contributed by atoms with Gasteiger partial charge in [0, 0.05) is 37.9 Å². The number of pyridine rings is 1. The van der Waals surface area contributed by atoms with Gasteiger partial charge in [-0.1, -0.05) is 37.3 Å². The maximum Gasteiger partial charge on any atom is 0.328 e. The summed E-state index contributed by atoms with van der Waals surface area (Å²) in [6.07, 6.45) is 4.93. The number of aromatic nitrogens is 1. The number of esters is 1. The molecule has 3 rings (SSSR count). The predicted molar refractivity (Wildman–Crippen MR) is 129 cm³/mol. The first-order valence-corrected chi connectivity index (χ1v) is 11.7. The molecule has 0 radical (unpaired) electrons. The molecule has 0 unspecified atom stereocenters. The van der Waals surface area contributed by atoms with Gasteiger partial charge in [-0.05, 0) is 38.2 Å². The van der Waals surface area contributed by atoms with E-state index in [0.29, 0.717) is 19.0 Å². The van der Waals surface area contributed by atoms with E-state index in [0.717, 1.165) is 18.4 Å². The van der Waals surface area contributed by atoms with Gasteiger partial charge < -0.3 is 19.5 Å². The Labute approximate surface area is 199 Å². The Kier molecular flexibility index (Phi) is 8.26. The number of ether oxygens (including phenoxy) is 1. The number of methoxy groups -OCH3 is 1. The molecule has 1 N–H and O–H groups in total. The Morgan fingerprint density at radius 1 is 1.06 bits per heavy atom. The molecule has 8 nitrogen and oxygen atoms in total. The summed E-state index contributed by atoms with van der Waals surface area (Å²) in [4.78, 5) is 53.7. The normalized spacial score (nSPS) is 15.1. The van der Waals surface area contributed by atoms with Crippen LogP contribution in [0.25, 0.3) is 0 Å².